The van der Waals surface area contributed by atoms with Crippen molar-refractivity contribution >= 4 is 5.69 Å². The minimum absolute atomic E-state index is 0.266. The van der Waals surface area contributed by atoms with Crippen molar-refractivity contribution in [2.24, 2.45) is 0 Å². The molecule has 1 heterocycles. The molecule has 0 aliphatic carbocycles. The number of hydrogen-bond donors (Lipinski definition) is 2. The Morgan fingerprint density at radius 3 is 2.65 bits per heavy atom. The van der Waals surface area contributed by atoms with Gasteiger partial charge in [-0.1, -0.05) is 12.1 Å². The molecule has 0 fully saturated rings. The molecule has 2 aromatic rings. The van der Waals surface area contributed by atoms with E-state index in [2.05, 4.69) is 17.6 Å². The number of anilines is 1. The summed E-state index contributed by atoms with van der Waals surface area (Å²) in [5, 5.41) is 31.3. The van der Waals surface area contributed by atoms with Crippen LogP contribution in [0.15, 0.2) is 36.4 Å². The van der Waals surface area contributed by atoms with Crippen molar-refractivity contribution in [1.82, 2.24) is 4.90 Å². The number of nitrogens with zero attached hydrogens (tertiary/aromatic N) is 3. The van der Waals surface area contributed by atoms with Gasteiger partial charge in [0.25, 0.3) is 0 Å². The van der Waals surface area contributed by atoms with Crippen molar-refractivity contribution in [3.05, 3.63) is 53.1 Å². The van der Waals surface area contributed by atoms with Crippen LogP contribution in [0.3, 0.4) is 0 Å². The molecule has 1 unspecified atom stereocenters. The largest absolute Gasteiger partial charge is 0.389 e. The number of benzene rings is 2. The molecule has 1 atom stereocenters. The van der Waals surface area contributed by atoms with Gasteiger partial charge in [0.05, 0.1) is 37.4 Å². The summed E-state index contributed by atoms with van der Waals surface area (Å²) in [5.74, 6) is 0. The Hall–Kier alpha value is -3.06. The van der Waals surface area contributed by atoms with Crippen molar-refractivity contribution < 1.29 is 9.84 Å². The van der Waals surface area contributed by atoms with E-state index in [9.17, 15) is 10.4 Å². The molecule has 26 heavy (non-hydrogen) atoms. The Bertz CT molecular complexity index is 865. The maximum Gasteiger partial charge on any atom is 0.179 e. The molecule has 2 aromatic carbocycles. The second-order valence-corrected chi connectivity index (χ2v) is 6.30. The standard InChI is InChI=1S/C20H20N4O2/c1-26-12-18(25)9-23-17-6-16-10-24(13-22)11-20(16)19(7-17)15-4-2-14(8-21)3-5-15/h2-7,18,23,25H,9-12H2,1H3. The molecule has 1 aliphatic rings. The maximum absolute atomic E-state index is 9.86. The number of rotatable bonds is 6. The summed E-state index contributed by atoms with van der Waals surface area (Å²) in [7, 11) is 1.55. The molecule has 1 aliphatic heterocycles. The van der Waals surface area contributed by atoms with Gasteiger partial charge in [0.2, 0.25) is 0 Å². The van der Waals surface area contributed by atoms with Gasteiger partial charge in [-0.05, 0) is 46.5 Å². The molecule has 0 amide bonds. The lowest BCUT2D eigenvalue weighted by molar-refractivity contribution is 0.0727. The Kier molecular flexibility index (Phi) is 5.38. The maximum atomic E-state index is 9.86. The van der Waals surface area contributed by atoms with Crippen molar-refractivity contribution in [2.75, 3.05) is 25.6 Å². The lowest BCUT2D eigenvalue weighted by Crippen LogP contribution is -2.24. The molecular weight excluding hydrogens is 328 g/mol. The second kappa shape index (κ2) is 7.88. The zero-order valence-electron chi connectivity index (χ0n) is 14.6. The molecule has 6 nitrogen and oxygen atoms in total. The average molecular weight is 348 g/mol. The molecule has 132 valence electrons. The molecule has 0 aromatic heterocycles. The van der Waals surface area contributed by atoms with Crippen LogP contribution in [0.5, 0.6) is 0 Å². The summed E-state index contributed by atoms with van der Waals surface area (Å²) in [5.41, 5.74) is 5.75. The van der Waals surface area contributed by atoms with E-state index in [4.69, 9.17) is 10.00 Å². The van der Waals surface area contributed by atoms with Crippen LogP contribution in [-0.4, -0.2) is 36.4 Å². The molecule has 6 heteroatoms. The van der Waals surface area contributed by atoms with E-state index in [1.54, 1.807) is 24.1 Å². The third-order valence-corrected chi connectivity index (χ3v) is 4.42. The first kappa shape index (κ1) is 17.8. The highest BCUT2D eigenvalue weighted by molar-refractivity contribution is 5.74. The first-order valence-electron chi connectivity index (χ1n) is 8.36. The summed E-state index contributed by atoms with van der Waals surface area (Å²) in [6.45, 7) is 1.79. The Morgan fingerprint density at radius 2 is 2.00 bits per heavy atom. The van der Waals surface area contributed by atoms with Crippen LogP contribution in [0.2, 0.25) is 0 Å². The summed E-state index contributed by atoms with van der Waals surface area (Å²) >= 11 is 0. The molecule has 0 radical (unpaired) electrons. The monoisotopic (exact) mass is 348 g/mol. The lowest BCUT2D eigenvalue weighted by atomic mass is 9.95. The lowest BCUT2D eigenvalue weighted by Gasteiger charge is -2.15. The van der Waals surface area contributed by atoms with E-state index >= 15 is 0 Å². The van der Waals surface area contributed by atoms with Crippen LogP contribution in [0, 0.1) is 22.8 Å². The van der Waals surface area contributed by atoms with Crippen LogP contribution >= 0.6 is 0 Å². The summed E-state index contributed by atoms with van der Waals surface area (Å²) in [6.07, 6.45) is 1.61. The van der Waals surface area contributed by atoms with Gasteiger partial charge in [0, 0.05) is 19.3 Å². The number of nitriles is 2. The van der Waals surface area contributed by atoms with Crippen LogP contribution in [0.4, 0.5) is 5.69 Å². The Morgan fingerprint density at radius 1 is 1.23 bits per heavy atom. The van der Waals surface area contributed by atoms with E-state index in [-0.39, 0.29) is 6.61 Å². The van der Waals surface area contributed by atoms with E-state index in [1.165, 1.54) is 0 Å². The van der Waals surface area contributed by atoms with Crippen molar-refractivity contribution in [1.29, 1.82) is 10.5 Å². The number of methoxy groups -OCH3 is 1. The predicted octanol–water partition coefficient (Wildman–Crippen LogP) is 2.44. The summed E-state index contributed by atoms with van der Waals surface area (Å²) in [4.78, 5) is 1.71. The van der Waals surface area contributed by atoms with E-state index in [0.29, 0.717) is 25.2 Å². The van der Waals surface area contributed by atoms with Gasteiger partial charge in [0.15, 0.2) is 6.19 Å². The predicted molar refractivity (Wildman–Crippen MR) is 97.8 cm³/mol. The number of ether oxygens (including phenoxy) is 1. The van der Waals surface area contributed by atoms with Crippen molar-refractivity contribution in [2.45, 2.75) is 19.2 Å². The van der Waals surface area contributed by atoms with E-state index in [0.717, 1.165) is 27.9 Å². The quantitative estimate of drug-likeness (QED) is 0.779. The van der Waals surface area contributed by atoms with Crippen molar-refractivity contribution in [3.63, 3.8) is 0 Å². The van der Waals surface area contributed by atoms with Crippen LogP contribution in [0.1, 0.15) is 16.7 Å². The SMILES string of the molecule is COCC(O)CNc1cc2c(c(-c3ccc(C#N)cc3)c1)CN(C#N)C2. The fourth-order valence-corrected chi connectivity index (χ4v) is 3.15. The molecule has 3 rings (SSSR count). The molecule has 0 bridgehead atoms. The second-order valence-electron chi connectivity index (χ2n) is 6.30. The first-order chi connectivity index (χ1) is 12.6. The van der Waals surface area contributed by atoms with E-state index in [1.807, 2.05) is 24.3 Å². The van der Waals surface area contributed by atoms with Gasteiger partial charge in [-0.2, -0.15) is 10.5 Å². The number of fused-ring (bicyclic) bond motifs is 1. The van der Waals surface area contributed by atoms with Gasteiger partial charge >= 0.3 is 0 Å². The minimum Gasteiger partial charge on any atom is -0.389 e. The average Bonchev–Trinajstić information content (AvgIpc) is 3.09. The van der Waals surface area contributed by atoms with Crippen LogP contribution < -0.4 is 5.32 Å². The third-order valence-electron chi connectivity index (χ3n) is 4.42. The fourth-order valence-electron chi connectivity index (χ4n) is 3.15. The number of hydrogen-bond acceptors (Lipinski definition) is 6. The number of aliphatic hydroxyl groups excluding tert-OH is 1. The number of aliphatic hydroxyl groups is 1. The summed E-state index contributed by atoms with van der Waals surface area (Å²) in [6, 6.07) is 13.6. The fraction of sp³-hybridized carbons (Fsp3) is 0.300. The number of nitrogens with one attached hydrogen (secondary N) is 1. The normalized spacial score (nSPS) is 13.6. The van der Waals surface area contributed by atoms with Gasteiger partial charge in [-0.3, -0.25) is 0 Å². The van der Waals surface area contributed by atoms with Gasteiger partial charge in [0.1, 0.15) is 0 Å². The van der Waals surface area contributed by atoms with E-state index < -0.39 is 6.10 Å². The molecule has 0 spiro atoms. The zero-order chi connectivity index (χ0) is 18.5. The van der Waals surface area contributed by atoms with Gasteiger partial charge < -0.3 is 20.1 Å². The highest BCUT2D eigenvalue weighted by Crippen LogP contribution is 2.35. The minimum atomic E-state index is -0.595. The van der Waals surface area contributed by atoms with Crippen molar-refractivity contribution in [3.8, 4) is 23.4 Å². The highest BCUT2D eigenvalue weighted by Gasteiger charge is 2.22. The molecule has 2 N–H and O–H groups in total. The Balaban J connectivity index is 1.94. The molecule has 0 saturated heterocycles. The van der Waals surface area contributed by atoms with Crippen LogP contribution in [0.25, 0.3) is 11.1 Å². The topological polar surface area (TPSA) is 92.3 Å². The smallest absolute Gasteiger partial charge is 0.179 e. The zero-order valence-corrected chi connectivity index (χ0v) is 14.6. The van der Waals surface area contributed by atoms with Crippen LogP contribution in [-0.2, 0) is 17.8 Å². The molecule has 0 saturated carbocycles. The van der Waals surface area contributed by atoms with Gasteiger partial charge in [-0.15, -0.1) is 0 Å². The first-order valence-corrected chi connectivity index (χ1v) is 8.36. The third kappa shape index (κ3) is 3.78. The van der Waals surface area contributed by atoms with Gasteiger partial charge in [-0.25, -0.2) is 0 Å². The highest BCUT2D eigenvalue weighted by atomic mass is 16.5. The molecular formula is C20H20N4O2. The Labute approximate surface area is 152 Å². The summed E-state index contributed by atoms with van der Waals surface area (Å²) < 4.78 is 4.95.